The summed E-state index contributed by atoms with van der Waals surface area (Å²) in [5.74, 6) is 1.02. The highest BCUT2D eigenvalue weighted by atomic mass is 31.2. The second kappa shape index (κ2) is 8.64. The van der Waals surface area contributed by atoms with Crippen LogP contribution in [0.1, 0.15) is 35.4 Å². The van der Waals surface area contributed by atoms with E-state index in [-0.39, 0.29) is 5.92 Å². The van der Waals surface area contributed by atoms with Crippen LogP contribution in [0.2, 0.25) is 0 Å². The van der Waals surface area contributed by atoms with E-state index < -0.39 is 7.14 Å². The molecule has 1 aliphatic carbocycles. The minimum atomic E-state index is -3.20. The number of imidazole rings is 1. The molecular weight excluding hydrogens is 531 g/mol. The maximum absolute atomic E-state index is 15.8. The normalized spacial score (nSPS) is 18.2. The van der Waals surface area contributed by atoms with Gasteiger partial charge in [-0.3, -0.25) is 4.57 Å². The summed E-state index contributed by atoms with van der Waals surface area (Å²) < 4.78 is 18.0. The van der Waals surface area contributed by atoms with Crippen LogP contribution in [0, 0.1) is 0 Å². The largest absolute Gasteiger partial charge is 0.308 e. The predicted molar refractivity (Wildman–Crippen MR) is 174 cm³/mol. The lowest BCUT2D eigenvalue weighted by molar-refractivity contribution is 0.592. The van der Waals surface area contributed by atoms with Crippen LogP contribution in [-0.2, 0) is 11.0 Å². The number of hydrogen-bond donors (Lipinski definition) is 0. The quantitative estimate of drug-likeness (QED) is 0.207. The molecular formula is C38H27N2OP. The first-order chi connectivity index (χ1) is 20.7. The fraction of sp³-hybridized carbons (Fsp3) is 0.0789. The molecule has 0 saturated heterocycles. The Morgan fingerprint density at radius 2 is 1.50 bits per heavy atom. The number of hydrogen-bond acceptors (Lipinski definition) is 2. The Labute approximate surface area is 244 Å². The number of para-hydroxylation sites is 1. The molecule has 7 aromatic rings. The highest BCUT2D eigenvalue weighted by molar-refractivity contribution is 7.86. The van der Waals surface area contributed by atoms with Crippen molar-refractivity contribution in [2.75, 3.05) is 0 Å². The van der Waals surface area contributed by atoms with E-state index in [1.807, 2.05) is 42.5 Å². The average Bonchev–Trinajstić information content (AvgIpc) is 3.60. The zero-order valence-electron chi connectivity index (χ0n) is 23.2. The molecule has 2 atom stereocenters. The SMILES string of the molecule is CCc1nc2cc(C3c4ccccc4-c4c3ccc3ccccc43)cc3c2n1-c1ccccc1P3(=O)c1ccccc1. The van der Waals surface area contributed by atoms with E-state index in [0.717, 1.165) is 50.4 Å². The Morgan fingerprint density at radius 1 is 0.738 bits per heavy atom. The summed E-state index contributed by atoms with van der Waals surface area (Å²) in [6, 6.07) is 44.7. The summed E-state index contributed by atoms with van der Waals surface area (Å²) in [6.07, 6.45) is 0.786. The molecule has 0 amide bonds. The van der Waals surface area contributed by atoms with Gasteiger partial charge in [-0.2, -0.15) is 0 Å². The molecule has 0 saturated carbocycles. The Morgan fingerprint density at radius 3 is 2.38 bits per heavy atom. The number of aryl methyl sites for hydroxylation is 1. The van der Waals surface area contributed by atoms with E-state index in [1.165, 1.54) is 33.0 Å². The van der Waals surface area contributed by atoms with Crippen molar-refractivity contribution in [3.8, 4) is 16.8 Å². The van der Waals surface area contributed by atoms with Crippen molar-refractivity contribution in [2.24, 2.45) is 0 Å². The van der Waals surface area contributed by atoms with Crippen molar-refractivity contribution in [2.45, 2.75) is 19.3 Å². The monoisotopic (exact) mass is 558 g/mol. The molecule has 3 nitrogen and oxygen atoms in total. The first kappa shape index (κ1) is 23.9. The minimum Gasteiger partial charge on any atom is -0.308 e. The van der Waals surface area contributed by atoms with Crippen molar-refractivity contribution in [1.82, 2.24) is 9.55 Å². The molecule has 42 heavy (non-hydrogen) atoms. The second-order valence-corrected chi connectivity index (χ2v) is 14.0. The van der Waals surface area contributed by atoms with Gasteiger partial charge in [-0.05, 0) is 62.9 Å². The topological polar surface area (TPSA) is 34.9 Å². The lowest BCUT2D eigenvalue weighted by Gasteiger charge is -2.30. The van der Waals surface area contributed by atoms with Gasteiger partial charge < -0.3 is 4.57 Å². The van der Waals surface area contributed by atoms with Crippen LogP contribution in [0.4, 0.5) is 0 Å². The Balaban J connectivity index is 1.40. The molecule has 0 bridgehead atoms. The standard InChI is InChI=1S/C38H27N2OP/c1-2-35-39-31-22-25(36-28-16-8-9-17-29(28)37-27-15-7-6-12-24(27)20-21-30(36)37)23-34-38(31)40(35)32-18-10-11-19-33(32)42(34,41)26-13-4-3-5-14-26/h3-23,36H,2H2,1H3. The Kier molecular flexibility index (Phi) is 4.93. The molecule has 9 rings (SSSR count). The van der Waals surface area contributed by atoms with Gasteiger partial charge in [-0.25, -0.2) is 4.98 Å². The van der Waals surface area contributed by atoms with Crippen molar-refractivity contribution in [1.29, 1.82) is 0 Å². The number of aromatic nitrogens is 2. The fourth-order valence-corrected chi connectivity index (χ4v) is 10.5. The summed E-state index contributed by atoms with van der Waals surface area (Å²) in [5.41, 5.74) is 9.18. The zero-order chi connectivity index (χ0) is 28.0. The first-order valence-electron chi connectivity index (χ1n) is 14.6. The van der Waals surface area contributed by atoms with Crippen LogP contribution in [0.25, 0.3) is 38.6 Å². The molecule has 1 aliphatic heterocycles. The van der Waals surface area contributed by atoms with E-state index in [0.29, 0.717) is 0 Å². The van der Waals surface area contributed by atoms with E-state index in [1.54, 1.807) is 0 Å². The molecule has 2 heterocycles. The van der Waals surface area contributed by atoms with Crippen molar-refractivity contribution < 1.29 is 4.57 Å². The number of fused-ring (bicyclic) bond motifs is 7. The molecule has 6 aromatic carbocycles. The molecule has 0 N–H and O–H groups in total. The fourth-order valence-electron chi connectivity index (χ4n) is 7.46. The number of nitrogens with zero attached hydrogens (tertiary/aromatic N) is 2. The van der Waals surface area contributed by atoms with Gasteiger partial charge in [0, 0.05) is 28.3 Å². The molecule has 1 aromatic heterocycles. The molecule has 0 radical (unpaired) electrons. The smallest absolute Gasteiger partial charge is 0.175 e. The summed E-state index contributed by atoms with van der Waals surface area (Å²) in [7, 11) is -3.20. The van der Waals surface area contributed by atoms with Crippen molar-refractivity contribution >= 4 is 44.9 Å². The van der Waals surface area contributed by atoms with Gasteiger partial charge in [0.2, 0.25) is 0 Å². The third-order valence-corrected chi connectivity index (χ3v) is 12.3. The summed E-state index contributed by atoms with van der Waals surface area (Å²) in [5, 5.41) is 5.15. The maximum Gasteiger partial charge on any atom is 0.175 e. The van der Waals surface area contributed by atoms with Crippen LogP contribution < -0.4 is 15.9 Å². The van der Waals surface area contributed by atoms with Crippen LogP contribution in [0.15, 0.2) is 127 Å². The van der Waals surface area contributed by atoms with E-state index in [2.05, 4.69) is 96.4 Å². The maximum atomic E-state index is 15.8. The van der Waals surface area contributed by atoms with Crippen molar-refractivity contribution in [3.05, 3.63) is 150 Å². The first-order valence-corrected chi connectivity index (χ1v) is 16.3. The highest BCUT2D eigenvalue weighted by Crippen LogP contribution is 2.53. The van der Waals surface area contributed by atoms with E-state index in [9.17, 15) is 0 Å². The van der Waals surface area contributed by atoms with Gasteiger partial charge in [0.05, 0.1) is 16.7 Å². The zero-order valence-corrected chi connectivity index (χ0v) is 24.1. The van der Waals surface area contributed by atoms with Crippen LogP contribution in [0.3, 0.4) is 0 Å². The van der Waals surface area contributed by atoms with Crippen LogP contribution in [-0.4, -0.2) is 9.55 Å². The summed E-state index contributed by atoms with van der Waals surface area (Å²) >= 11 is 0. The van der Waals surface area contributed by atoms with Gasteiger partial charge in [0.25, 0.3) is 0 Å². The third kappa shape index (κ3) is 3.01. The third-order valence-electron chi connectivity index (χ3n) is 9.21. The highest BCUT2D eigenvalue weighted by Gasteiger charge is 2.41. The average molecular weight is 559 g/mol. The predicted octanol–water partition coefficient (Wildman–Crippen LogP) is 7.85. The van der Waals surface area contributed by atoms with Gasteiger partial charge >= 0.3 is 0 Å². The molecule has 0 spiro atoms. The Hall–Kier alpha value is -4.72. The minimum absolute atomic E-state index is 0.0260. The molecule has 2 unspecified atom stereocenters. The molecule has 0 fully saturated rings. The molecule has 4 heteroatoms. The summed E-state index contributed by atoms with van der Waals surface area (Å²) in [6.45, 7) is 2.15. The van der Waals surface area contributed by atoms with Crippen LogP contribution >= 0.6 is 7.14 Å². The van der Waals surface area contributed by atoms with Crippen molar-refractivity contribution in [3.63, 3.8) is 0 Å². The Bertz CT molecular complexity index is 2280. The second-order valence-electron chi connectivity index (χ2n) is 11.3. The molecule has 200 valence electrons. The molecule has 2 aliphatic rings. The lowest BCUT2D eigenvalue weighted by Crippen LogP contribution is -2.33. The van der Waals surface area contributed by atoms with Gasteiger partial charge in [-0.15, -0.1) is 0 Å². The van der Waals surface area contributed by atoms with Gasteiger partial charge in [0.1, 0.15) is 5.82 Å². The van der Waals surface area contributed by atoms with Crippen LogP contribution in [0.5, 0.6) is 0 Å². The number of benzene rings is 6. The van der Waals surface area contributed by atoms with Gasteiger partial charge in [0.15, 0.2) is 7.14 Å². The van der Waals surface area contributed by atoms with E-state index >= 15 is 4.57 Å². The lowest BCUT2D eigenvalue weighted by atomic mass is 9.88. The van der Waals surface area contributed by atoms with E-state index in [4.69, 9.17) is 4.98 Å². The summed E-state index contributed by atoms with van der Waals surface area (Å²) in [4.78, 5) is 5.20. The van der Waals surface area contributed by atoms with Gasteiger partial charge in [-0.1, -0.05) is 110 Å². The number of rotatable bonds is 3.